The van der Waals surface area contributed by atoms with Crippen molar-refractivity contribution in [3.8, 4) is 5.75 Å². The van der Waals surface area contributed by atoms with Crippen LogP contribution in [0.25, 0.3) is 0 Å². The van der Waals surface area contributed by atoms with Gasteiger partial charge in [-0.3, -0.25) is 9.10 Å². The van der Waals surface area contributed by atoms with E-state index in [2.05, 4.69) is 5.32 Å². The lowest BCUT2D eigenvalue weighted by Crippen LogP contribution is -2.38. The summed E-state index contributed by atoms with van der Waals surface area (Å²) in [5.41, 5.74) is 3.71. The van der Waals surface area contributed by atoms with E-state index < -0.39 is 15.9 Å². The fourth-order valence-corrected chi connectivity index (χ4v) is 5.75. The van der Waals surface area contributed by atoms with Crippen molar-refractivity contribution in [2.45, 2.75) is 57.5 Å². The van der Waals surface area contributed by atoms with E-state index >= 15 is 0 Å². The van der Waals surface area contributed by atoms with Gasteiger partial charge >= 0.3 is 0 Å². The minimum Gasteiger partial charge on any atom is -0.490 e. The molecule has 0 radical (unpaired) electrons. The lowest BCUT2D eigenvalue weighted by atomic mass is 10.1. The van der Waals surface area contributed by atoms with E-state index in [4.69, 9.17) is 4.74 Å². The second kappa shape index (κ2) is 10.5. The van der Waals surface area contributed by atoms with Crippen molar-refractivity contribution >= 4 is 27.3 Å². The zero-order valence-electron chi connectivity index (χ0n) is 20.5. The fourth-order valence-electron chi connectivity index (χ4n) is 4.27. The number of sulfonamides is 1. The maximum absolute atomic E-state index is 13.6. The van der Waals surface area contributed by atoms with Crippen LogP contribution in [-0.4, -0.2) is 27.0 Å². The quantitative estimate of drug-likeness (QED) is 0.433. The van der Waals surface area contributed by atoms with Gasteiger partial charge in [0.2, 0.25) is 5.91 Å². The number of benzene rings is 3. The molecule has 3 aromatic carbocycles. The van der Waals surface area contributed by atoms with Crippen molar-refractivity contribution in [3.05, 3.63) is 83.4 Å². The Labute approximate surface area is 208 Å². The highest BCUT2D eigenvalue weighted by atomic mass is 32.2. The van der Waals surface area contributed by atoms with Gasteiger partial charge in [-0.25, -0.2) is 8.42 Å². The van der Waals surface area contributed by atoms with Gasteiger partial charge in [-0.2, -0.15) is 0 Å². The highest BCUT2D eigenvalue weighted by Gasteiger charge is 2.28. The van der Waals surface area contributed by atoms with Crippen LogP contribution < -0.4 is 14.4 Å². The van der Waals surface area contributed by atoms with Gasteiger partial charge < -0.3 is 10.1 Å². The van der Waals surface area contributed by atoms with Crippen LogP contribution in [0.1, 0.15) is 42.4 Å². The van der Waals surface area contributed by atoms with E-state index in [-0.39, 0.29) is 17.5 Å². The standard InChI is InChI=1S/C28H32N2O4S/c1-20-9-16-26(17-10-20)35(32,33)30(27-18-21(2)8-11-22(27)3)19-28(31)29-23-12-14-25(15-13-23)34-24-6-4-5-7-24/h8-18,24H,4-7,19H2,1-3H3,(H,29,31). The summed E-state index contributed by atoms with van der Waals surface area (Å²) in [6.45, 7) is 5.29. The number of amides is 1. The third-order valence-corrected chi connectivity index (χ3v) is 8.05. The summed E-state index contributed by atoms with van der Waals surface area (Å²) in [5.74, 6) is 0.347. The Kier molecular flexibility index (Phi) is 7.45. The van der Waals surface area contributed by atoms with E-state index in [1.54, 1.807) is 42.5 Å². The molecule has 1 amide bonds. The van der Waals surface area contributed by atoms with Crippen molar-refractivity contribution in [1.82, 2.24) is 0 Å². The van der Waals surface area contributed by atoms with Crippen molar-refractivity contribution in [2.75, 3.05) is 16.2 Å². The molecule has 0 bridgehead atoms. The van der Waals surface area contributed by atoms with Crippen molar-refractivity contribution < 1.29 is 17.9 Å². The number of carbonyl (C=O) groups is 1. The first-order chi connectivity index (χ1) is 16.7. The van der Waals surface area contributed by atoms with Gasteiger partial charge in [0.15, 0.2) is 0 Å². The van der Waals surface area contributed by atoms with Gasteiger partial charge in [0.05, 0.1) is 16.7 Å². The first-order valence-corrected chi connectivity index (χ1v) is 13.4. The van der Waals surface area contributed by atoms with Crippen LogP contribution in [-0.2, 0) is 14.8 Å². The molecule has 0 unspecified atom stereocenters. The zero-order chi connectivity index (χ0) is 25.0. The molecule has 0 aliphatic heterocycles. The number of nitrogens with one attached hydrogen (secondary N) is 1. The summed E-state index contributed by atoms with van der Waals surface area (Å²) in [6.07, 6.45) is 4.79. The molecule has 1 aliphatic carbocycles. The zero-order valence-corrected chi connectivity index (χ0v) is 21.3. The maximum Gasteiger partial charge on any atom is 0.264 e. The third-order valence-electron chi connectivity index (χ3n) is 6.27. The molecule has 0 saturated heterocycles. The molecule has 0 aromatic heterocycles. The van der Waals surface area contributed by atoms with E-state index in [9.17, 15) is 13.2 Å². The smallest absolute Gasteiger partial charge is 0.264 e. The molecule has 3 aromatic rings. The van der Waals surface area contributed by atoms with Gasteiger partial charge in [-0.1, -0.05) is 29.8 Å². The largest absolute Gasteiger partial charge is 0.490 e. The van der Waals surface area contributed by atoms with Crippen LogP contribution in [0.15, 0.2) is 71.6 Å². The number of aryl methyl sites for hydroxylation is 3. The predicted molar refractivity (Wildman–Crippen MR) is 140 cm³/mol. The minimum atomic E-state index is -3.97. The summed E-state index contributed by atoms with van der Waals surface area (Å²) in [6, 6.07) is 19.5. The Morgan fingerprint density at radius 1 is 0.914 bits per heavy atom. The van der Waals surface area contributed by atoms with Gasteiger partial charge in [0, 0.05) is 5.69 Å². The molecular formula is C28H32N2O4S. The normalized spacial score (nSPS) is 14.0. The first kappa shape index (κ1) is 24.8. The summed E-state index contributed by atoms with van der Waals surface area (Å²) in [4.78, 5) is 13.2. The Morgan fingerprint density at radius 2 is 1.54 bits per heavy atom. The fraction of sp³-hybridized carbons (Fsp3) is 0.321. The van der Waals surface area contributed by atoms with Crippen LogP contribution in [0.4, 0.5) is 11.4 Å². The molecule has 35 heavy (non-hydrogen) atoms. The number of rotatable bonds is 8. The van der Waals surface area contributed by atoms with Gasteiger partial charge in [0.1, 0.15) is 12.3 Å². The monoisotopic (exact) mass is 492 g/mol. The number of nitrogens with zero attached hydrogens (tertiary/aromatic N) is 1. The second-order valence-corrected chi connectivity index (χ2v) is 11.1. The molecule has 4 rings (SSSR count). The van der Waals surface area contributed by atoms with Crippen LogP contribution >= 0.6 is 0 Å². The molecule has 6 nitrogen and oxygen atoms in total. The van der Waals surface area contributed by atoms with Crippen molar-refractivity contribution in [1.29, 1.82) is 0 Å². The maximum atomic E-state index is 13.6. The van der Waals surface area contributed by atoms with E-state index in [0.717, 1.165) is 35.3 Å². The lowest BCUT2D eigenvalue weighted by molar-refractivity contribution is -0.114. The van der Waals surface area contributed by atoms with Gasteiger partial charge in [-0.15, -0.1) is 0 Å². The molecule has 1 aliphatic rings. The van der Waals surface area contributed by atoms with Gasteiger partial charge in [0.25, 0.3) is 10.0 Å². The van der Waals surface area contributed by atoms with Crippen LogP contribution in [0.5, 0.6) is 5.75 Å². The van der Waals surface area contributed by atoms with Crippen molar-refractivity contribution in [2.24, 2.45) is 0 Å². The highest BCUT2D eigenvalue weighted by molar-refractivity contribution is 7.92. The summed E-state index contributed by atoms with van der Waals surface area (Å²) in [5, 5.41) is 2.83. The molecule has 184 valence electrons. The molecule has 0 atom stereocenters. The van der Waals surface area contributed by atoms with E-state index in [0.29, 0.717) is 11.4 Å². The van der Waals surface area contributed by atoms with Gasteiger partial charge in [-0.05, 0) is 100 Å². The lowest BCUT2D eigenvalue weighted by Gasteiger charge is -2.26. The Morgan fingerprint density at radius 3 is 2.20 bits per heavy atom. The highest BCUT2D eigenvalue weighted by Crippen LogP contribution is 2.29. The molecule has 0 heterocycles. The topological polar surface area (TPSA) is 75.7 Å². The van der Waals surface area contributed by atoms with E-state index in [1.807, 2.05) is 45.0 Å². The number of carbonyl (C=O) groups excluding carboxylic acids is 1. The molecule has 7 heteroatoms. The molecule has 1 N–H and O–H groups in total. The Bertz CT molecular complexity index is 1280. The SMILES string of the molecule is Cc1ccc(S(=O)(=O)N(CC(=O)Nc2ccc(OC3CCCC3)cc2)c2cc(C)ccc2C)cc1. The molecule has 1 fully saturated rings. The summed E-state index contributed by atoms with van der Waals surface area (Å²) in [7, 11) is -3.97. The van der Waals surface area contributed by atoms with E-state index in [1.165, 1.54) is 17.1 Å². The number of ether oxygens (including phenoxy) is 1. The first-order valence-electron chi connectivity index (χ1n) is 12.0. The average molecular weight is 493 g/mol. The van der Waals surface area contributed by atoms with Crippen LogP contribution in [0.3, 0.4) is 0 Å². The van der Waals surface area contributed by atoms with Crippen LogP contribution in [0.2, 0.25) is 0 Å². The molecule has 1 saturated carbocycles. The molecular weight excluding hydrogens is 460 g/mol. The van der Waals surface area contributed by atoms with Crippen LogP contribution in [0, 0.1) is 20.8 Å². The summed E-state index contributed by atoms with van der Waals surface area (Å²) >= 11 is 0. The third kappa shape index (κ3) is 6.03. The average Bonchev–Trinajstić information content (AvgIpc) is 3.34. The number of anilines is 2. The second-order valence-electron chi connectivity index (χ2n) is 9.21. The van der Waals surface area contributed by atoms with Crippen molar-refractivity contribution in [3.63, 3.8) is 0 Å². The minimum absolute atomic E-state index is 0.144. The number of hydrogen-bond donors (Lipinski definition) is 1. The predicted octanol–water partition coefficient (Wildman–Crippen LogP) is 5.77. The molecule has 0 spiro atoms. The Hall–Kier alpha value is -3.32. The number of hydrogen-bond acceptors (Lipinski definition) is 4. The Balaban J connectivity index is 1.55. The summed E-state index contributed by atoms with van der Waals surface area (Å²) < 4.78 is 34.4.